The molecule has 5 nitrogen and oxygen atoms in total. The van der Waals surface area contributed by atoms with Gasteiger partial charge in [-0.15, -0.1) is 0 Å². The molecular weight excluding hydrogens is 426 g/mol. The van der Waals surface area contributed by atoms with E-state index in [9.17, 15) is 9.59 Å². The maximum atomic E-state index is 13.3. The van der Waals surface area contributed by atoms with Crippen molar-refractivity contribution < 1.29 is 14.3 Å². The molecule has 0 radical (unpaired) electrons. The van der Waals surface area contributed by atoms with Crippen molar-refractivity contribution in [1.82, 2.24) is 4.57 Å². The van der Waals surface area contributed by atoms with E-state index in [1.54, 1.807) is 37.4 Å². The van der Waals surface area contributed by atoms with Gasteiger partial charge in [-0.25, -0.2) is 0 Å². The van der Waals surface area contributed by atoms with Gasteiger partial charge in [-0.1, -0.05) is 60.1 Å². The predicted octanol–water partition coefficient (Wildman–Crippen LogP) is 5.48. The Hall–Kier alpha value is -3.83. The summed E-state index contributed by atoms with van der Waals surface area (Å²) in [5.41, 5.74) is 2.56. The van der Waals surface area contributed by atoms with E-state index in [1.165, 1.54) is 10.6 Å². The van der Waals surface area contributed by atoms with Crippen molar-refractivity contribution in [1.29, 1.82) is 0 Å². The van der Waals surface area contributed by atoms with Crippen LogP contribution in [0, 0.1) is 0 Å². The SMILES string of the molecule is Cn1c(=O)c(C(=O)C=Cc2ccc3c(c2)OCO3)c(-c2ccccc2)c2ccc(Cl)cc21. The number of benzene rings is 3. The molecule has 0 saturated carbocycles. The smallest absolute Gasteiger partial charge is 0.262 e. The molecule has 0 aliphatic carbocycles. The van der Waals surface area contributed by atoms with Crippen LogP contribution in [0.25, 0.3) is 28.1 Å². The van der Waals surface area contributed by atoms with E-state index >= 15 is 0 Å². The van der Waals surface area contributed by atoms with Gasteiger partial charge in [0.1, 0.15) is 0 Å². The van der Waals surface area contributed by atoms with Gasteiger partial charge in [0, 0.05) is 23.0 Å². The minimum absolute atomic E-state index is 0.116. The van der Waals surface area contributed by atoms with Gasteiger partial charge in [0.25, 0.3) is 5.56 Å². The van der Waals surface area contributed by atoms with Gasteiger partial charge >= 0.3 is 0 Å². The van der Waals surface area contributed by atoms with Crippen molar-refractivity contribution in [3.8, 4) is 22.6 Å². The number of hydrogen-bond donors (Lipinski definition) is 0. The highest BCUT2D eigenvalue weighted by molar-refractivity contribution is 6.31. The summed E-state index contributed by atoms with van der Waals surface area (Å²) in [7, 11) is 1.65. The average Bonchev–Trinajstić information content (AvgIpc) is 3.28. The number of allylic oxidation sites excluding steroid dienone is 1. The van der Waals surface area contributed by atoms with Crippen LogP contribution in [0.15, 0.2) is 77.6 Å². The minimum atomic E-state index is -0.376. The van der Waals surface area contributed by atoms with E-state index in [0.29, 0.717) is 27.6 Å². The first-order valence-electron chi connectivity index (χ1n) is 10.0. The molecule has 0 N–H and O–H groups in total. The molecule has 1 aliphatic heterocycles. The van der Waals surface area contributed by atoms with Gasteiger partial charge < -0.3 is 14.0 Å². The van der Waals surface area contributed by atoms with Gasteiger partial charge in [-0.3, -0.25) is 9.59 Å². The van der Waals surface area contributed by atoms with Crippen LogP contribution in [-0.4, -0.2) is 17.1 Å². The summed E-state index contributed by atoms with van der Waals surface area (Å²) in [4.78, 5) is 26.7. The lowest BCUT2D eigenvalue weighted by Crippen LogP contribution is -2.25. The van der Waals surface area contributed by atoms with Gasteiger partial charge in [-0.05, 0) is 41.5 Å². The van der Waals surface area contributed by atoms with Crippen LogP contribution in [0.4, 0.5) is 0 Å². The number of aryl methyl sites for hydroxylation is 1. The van der Waals surface area contributed by atoms with Crippen molar-refractivity contribution in [2.24, 2.45) is 7.05 Å². The molecule has 2 heterocycles. The molecule has 4 aromatic rings. The lowest BCUT2D eigenvalue weighted by Gasteiger charge is -2.15. The molecule has 0 bridgehead atoms. The standard InChI is InChI=1S/C26H18ClNO4/c1-28-20-14-18(27)9-10-19(20)24(17-5-3-2-4-6-17)25(26(28)30)21(29)11-7-16-8-12-22-23(13-16)32-15-31-22/h2-14H,15H2,1H3. The summed E-state index contributed by atoms with van der Waals surface area (Å²) in [6, 6.07) is 20.2. The van der Waals surface area contributed by atoms with Gasteiger partial charge in [0.05, 0.1) is 11.1 Å². The fraction of sp³-hybridized carbons (Fsp3) is 0.0769. The monoisotopic (exact) mass is 443 g/mol. The summed E-state index contributed by atoms with van der Waals surface area (Å²) in [6.45, 7) is 0.180. The third-order valence-corrected chi connectivity index (χ3v) is 5.73. The molecular formula is C26H18ClNO4. The number of pyridine rings is 1. The second-order valence-electron chi connectivity index (χ2n) is 7.45. The van der Waals surface area contributed by atoms with Crippen LogP contribution in [-0.2, 0) is 7.05 Å². The number of rotatable bonds is 4. The van der Waals surface area contributed by atoms with Crippen LogP contribution in [0.3, 0.4) is 0 Å². The topological polar surface area (TPSA) is 57.5 Å². The molecule has 0 fully saturated rings. The molecule has 0 atom stereocenters. The van der Waals surface area contributed by atoms with Crippen molar-refractivity contribution >= 4 is 34.4 Å². The minimum Gasteiger partial charge on any atom is -0.454 e. The van der Waals surface area contributed by atoms with Gasteiger partial charge in [0.2, 0.25) is 6.79 Å². The van der Waals surface area contributed by atoms with Crippen molar-refractivity contribution in [3.63, 3.8) is 0 Å². The van der Waals surface area contributed by atoms with Crippen LogP contribution in [0.1, 0.15) is 15.9 Å². The molecule has 1 aromatic heterocycles. The molecule has 6 heteroatoms. The highest BCUT2D eigenvalue weighted by Crippen LogP contribution is 2.34. The Kier molecular flexibility index (Phi) is 5.04. The van der Waals surface area contributed by atoms with Gasteiger partial charge in [-0.2, -0.15) is 0 Å². The van der Waals surface area contributed by atoms with Gasteiger partial charge in [0.15, 0.2) is 17.3 Å². The molecule has 0 amide bonds. The molecule has 3 aromatic carbocycles. The normalized spacial score (nSPS) is 12.6. The maximum Gasteiger partial charge on any atom is 0.262 e. The van der Waals surface area contributed by atoms with E-state index in [-0.39, 0.29) is 23.7 Å². The van der Waals surface area contributed by atoms with E-state index in [0.717, 1.165) is 16.5 Å². The fourth-order valence-corrected chi connectivity index (χ4v) is 4.08. The Morgan fingerprint density at radius 2 is 1.78 bits per heavy atom. The summed E-state index contributed by atoms with van der Waals surface area (Å²) < 4.78 is 12.2. The van der Waals surface area contributed by atoms with Crippen LogP contribution < -0.4 is 15.0 Å². The van der Waals surface area contributed by atoms with E-state index < -0.39 is 0 Å². The van der Waals surface area contributed by atoms with E-state index in [2.05, 4.69) is 0 Å². The zero-order valence-electron chi connectivity index (χ0n) is 17.2. The number of aromatic nitrogens is 1. The molecule has 32 heavy (non-hydrogen) atoms. The second-order valence-corrected chi connectivity index (χ2v) is 7.89. The number of halogens is 1. The first-order valence-corrected chi connectivity index (χ1v) is 10.4. The number of nitrogens with zero attached hydrogens (tertiary/aromatic N) is 1. The second kappa shape index (κ2) is 8.02. The molecule has 5 rings (SSSR count). The quantitative estimate of drug-likeness (QED) is 0.309. The number of hydrogen-bond acceptors (Lipinski definition) is 4. The number of ether oxygens (including phenoxy) is 2. The molecule has 0 spiro atoms. The lowest BCUT2D eigenvalue weighted by atomic mass is 9.93. The van der Waals surface area contributed by atoms with Crippen molar-refractivity contribution in [2.75, 3.05) is 6.79 Å². The summed E-state index contributed by atoms with van der Waals surface area (Å²) in [5, 5.41) is 1.30. The summed E-state index contributed by atoms with van der Waals surface area (Å²) >= 11 is 6.19. The Morgan fingerprint density at radius 1 is 1.00 bits per heavy atom. The zero-order valence-corrected chi connectivity index (χ0v) is 17.9. The number of carbonyl (C=O) groups excluding carboxylic acids is 1. The molecule has 158 valence electrons. The van der Waals surface area contributed by atoms with E-state index in [1.807, 2.05) is 42.5 Å². The first-order chi connectivity index (χ1) is 15.5. The Bertz CT molecular complexity index is 1450. The van der Waals surface area contributed by atoms with E-state index in [4.69, 9.17) is 21.1 Å². The van der Waals surface area contributed by atoms with Crippen LogP contribution >= 0.6 is 11.6 Å². The molecule has 1 aliphatic rings. The fourth-order valence-electron chi connectivity index (χ4n) is 3.92. The number of carbonyl (C=O) groups is 1. The third-order valence-electron chi connectivity index (χ3n) is 5.49. The van der Waals surface area contributed by atoms with Crippen LogP contribution in [0.2, 0.25) is 5.02 Å². The highest BCUT2D eigenvalue weighted by Gasteiger charge is 2.21. The Labute approximate surface area is 189 Å². The number of ketones is 1. The molecule has 0 saturated heterocycles. The first kappa shape index (κ1) is 20.1. The third kappa shape index (κ3) is 3.47. The summed E-state index contributed by atoms with van der Waals surface area (Å²) in [6.07, 6.45) is 3.09. The largest absolute Gasteiger partial charge is 0.454 e. The van der Waals surface area contributed by atoms with Crippen molar-refractivity contribution in [2.45, 2.75) is 0 Å². The summed E-state index contributed by atoms with van der Waals surface area (Å²) in [5.74, 6) is 0.920. The predicted molar refractivity (Wildman–Crippen MR) is 126 cm³/mol. The number of fused-ring (bicyclic) bond motifs is 2. The molecule has 0 unspecified atom stereocenters. The van der Waals surface area contributed by atoms with Crippen molar-refractivity contribution in [3.05, 3.63) is 99.3 Å². The highest BCUT2D eigenvalue weighted by atomic mass is 35.5. The average molecular weight is 444 g/mol. The maximum absolute atomic E-state index is 13.3. The Balaban J connectivity index is 1.67. The van der Waals surface area contributed by atoms with Crippen LogP contribution in [0.5, 0.6) is 11.5 Å². The lowest BCUT2D eigenvalue weighted by molar-refractivity contribution is 0.104. The zero-order chi connectivity index (χ0) is 22.2. The Morgan fingerprint density at radius 3 is 2.59 bits per heavy atom.